The van der Waals surface area contributed by atoms with Crippen LogP contribution < -0.4 is 5.32 Å². The van der Waals surface area contributed by atoms with Crippen LogP contribution in [0.4, 0.5) is 0 Å². The van der Waals surface area contributed by atoms with Gasteiger partial charge in [-0.1, -0.05) is 37.1 Å². The summed E-state index contributed by atoms with van der Waals surface area (Å²) in [4.78, 5) is 0. The van der Waals surface area contributed by atoms with Crippen molar-refractivity contribution in [1.29, 1.82) is 0 Å². The highest BCUT2D eigenvalue weighted by atomic mass is 35.5. The number of hydrogen-bond donors (Lipinski definition) is 2. The molecule has 2 N–H and O–H groups in total. The lowest BCUT2D eigenvalue weighted by molar-refractivity contribution is 0.0200. The Morgan fingerprint density at radius 3 is 2.62 bits per heavy atom. The molecule has 0 bridgehead atoms. The molecule has 1 aliphatic heterocycles. The molecular formula is C18H26ClNO. The fraction of sp³-hybridized carbons (Fsp3) is 0.667. The third-order valence-corrected chi connectivity index (χ3v) is 6.00. The minimum Gasteiger partial charge on any atom is -0.393 e. The summed E-state index contributed by atoms with van der Waals surface area (Å²) in [7, 11) is 0. The van der Waals surface area contributed by atoms with Gasteiger partial charge in [-0.15, -0.1) is 0 Å². The van der Waals surface area contributed by atoms with Gasteiger partial charge in [0.05, 0.1) is 6.10 Å². The van der Waals surface area contributed by atoms with Crippen LogP contribution in [0.15, 0.2) is 24.3 Å². The Hall–Kier alpha value is -0.570. The second kappa shape index (κ2) is 6.28. The first kappa shape index (κ1) is 15.3. The number of aliphatic hydroxyl groups is 1. The number of halogens is 1. The Kier molecular flexibility index (Phi) is 4.58. The third-order valence-electron chi connectivity index (χ3n) is 5.75. The molecule has 0 spiro atoms. The van der Waals surface area contributed by atoms with Crippen LogP contribution in [0, 0.1) is 11.8 Å². The molecule has 1 aliphatic carbocycles. The lowest BCUT2D eigenvalue weighted by atomic mass is 9.60. The minimum absolute atomic E-state index is 0.182. The van der Waals surface area contributed by atoms with Crippen molar-refractivity contribution >= 4 is 11.6 Å². The second-order valence-corrected chi connectivity index (χ2v) is 7.48. The molecule has 116 valence electrons. The standard InChI is InChI=1S/C18H26ClNO/c1-13-7-10-20-12-16(13)17(21)11-18(8-2-9-18)14-3-5-15(19)6-4-14/h3-6,13,16-17,20-21H,2,7-12H2,1H3. The summed E-state index contributed by atoms with van der Waals surface area (Å²) < 4.78 is 0. The van der Waals surface area contributed by atoms with Gasteiger partial charge in [-0.3, -0.25) is 0 Å². The van der Waals surface area contributed by atoms with E-state index in [2.05, 4.69) is 24.4 Å². The van der Waals surface area contributed by atoms with Crippen molar-refractivity contribution in [2.24, 2.45) is 11.8 Å². The van der Waals surface area contributed by atoms with Gasteiger partial charge in [0, 0.05) is 11.6 Å². The topological polar surface area (TPSA) is 32.3 Å². The molecule has 2 aliphatic rings. The summed E-state index contributed by atoms with van der Waals surface area (Å²) >= 11 is 6.01. The Morgan fingerprint density at radius 2 is 2.05 bits per heavy atom. The van der Waals surface area contributed by atoms with Crippen LogP contribution in [0.5, 0.6) is 0 Å². The predicted molar refractivity (Wildman–Crippen MR) is 87.7 cm³/mol. The summed E-state index contributed by atoms with van der Waals surface area (Å²) in [6.45, 7) is 4.33. The molecule has 0 radical (unpaired) electrons. The van der Waals surface area contributed by atoms with E-state index in [1.807, 2.05) is 12.1 Å². The van der Waals surface area contributed by atoms with Gasteiger partial charge in [0.15, 0.2) is 0 Å². The van der Waals surface area contributed by atoms with Gasteiger partial charge < -0.3 is 10.4 Å². The summed E-state index contributed by atoms with van der Waals surface area (Å²) in [5, 5.41) is 15.0. The number of benzene rings is 1. The molecule has 2 fully saturated rings. The van der Waals surface area contributed by atoms with Crippen molar-refractivity contribution < 1.29 is 5.11 Å². The molecule has 21 heavy (non-hydrogen) atoms. The highest BCUT2D eigenvalue weighted by Gasteiger charge is 2.42. The lowest BCUT2D eigenvalue weighted by Crippen LogP contribution is -2.46. The van der Waals surface area contributed by atoms with Crippen LogP contribution in [0.2, 0.25) is 5.02 Å². The number of nitrogens with one attached hydrogen (secondary N) is 1. The van der Waals surface area contributed by atoms with E-state index in [4.69, 9.17) is 11.6 Å². The van der Waals surface area contributed by atoms with E-state index >= 15 is 0 Å². The molecule has 1 aromatic carbocycles. The van der Waals surface area contributed by atoms with E-state index < -0.39 is 0 Å². The van der Waals surface area contributed by atoms with Crippen LogP contribution in [0.3, 0.4) is 0 Å². The van der Waals surface area contributed by atoms with E-state index in [1.54, 1.807) is 0 Å². The van der Waals surface area contributed by atoms with Crippen LogP contribution in [0.1, 0.15) is 44.6 Å². The Balaban J connectivity index is 1.73. The lowest BCUT2D eigenvalue weighted by Gasteiger charge is -2.46. The van der Waals surface area contributed by atoms with E-state index in [1.165, 1.54) is 31.2 Å². The monoisotopic (exact) mass is 307 g/mol. The van der Waals surface area contributed by atoms with Crippen LogP contribution >= 0.6 is 11.6 Å². The average Bonchev–Trinajstić information content (AvgIpc) is 2.44. The minimum atomic E-state index is -0.205. The summed E-state index contributed by atoms with van der Waals surface area (Å²) in [6, 6.07) is 8.26. The molecule has 3 atom stereocenters. The van der Waals surface area contributed by atoms with Crippen molar-refractivity contribution in [3.63, 3.8) is 0 Å². The van der Waals surface area contributed by atoms with Crippen molar-refractivity contribution in [2.75, 3.05) is 13.1 Å². The quantitative estimate of drug-likeness (QED) is 0.888. The smallest absolute Gasteiger partial charge is 0.0591 e. The van der Waals surface area contributed by atoms with Gasteiger partial charge in [-0.2, -0.15) is 0 Å². The number of piperidine rings is 1. The highest BCUT2D eigenvalue weighted by Crippen LogP contribution is 2.48. The van der Waals surface area contributed by atoms with Crippen molar-refractivity contribution in [3.8, 4) is 0 Å². The Bertz CT molecular complexity index is 469. The van der Waals surface area contributed by atoms with E-state index in [9.17, 15) is 5.11 Å². The first-order valence-corrected chi connectivity index (χ1v) is 8.63. The van der Waals surface area contributed by atoms with Crippen LogP contribution in [-0.2, 0) is 5.41 Å². The molecule has 1 saturated heterocycles. The van der Waals surface area contributed by atoms with Gasteiger partial charge in [0.1, 0.15) is 0 Å². The first-order valence-electron chi connectivity index (χ1n) is 8.26. The second-order valence-electron chi connectivity index (χ2n) is 7.05. The van der Waals surface area contributed by atoms with Crippen molar-refractivity contribution in [2.45, 2.75) is 50.5 Å². The third kappa shape index (κ3) is 3.13. The average molecular weight is 308 g/mol. The Morgan fingerprint density at radius 1 is 1.33 bits per heavy atom. The molecule has 3 rings (SSSR count). The molecule has 3 heteroatoms. The Labute approximate surface area is 132 Å². The maximum Gasteiger partial charge on any atom is 0.0591 e. The zero-order valence-electron chi connectivity index (χ0n) is 12.8. The first-order chi connectivity index (χ1) is 10.1. The number of aliphatic hydroxyl groups excluding tert-OH is 1. The molecule has 3 unspecified atom stereocenters. The zero-order valence-corrected chi connectivity index (χ0v) is 13.6. The molecule has 0 amide bonds. The van der Waals surface area contributed by atoms with Gasteiger partial charge in [-0.05, 0) is 67.2 Å². The zero-order chi connectivity index (χ0) is 14.9. The molecule has 2 nitrogen and oxygen atoms in total. The van der Waals surface area contributed by atoms with Gasteiger partial charge in [0.25, 0.3) is 0 Å². The predicted octanol–water partition coefficient (Wildman–Crippen LogP) is 3.76. The maximum absolute atomic E-state index is 10.8. The van der Waals surface area contributed by atoms with E-state index in [0.717, 1.165) is 24.5 Å². The number of hydrogen-bond acceptors (Lipinski definition) is 2. The summed E-state index contributed by atoms with van der Waals surface area (Å²) in [6.07, 6.45) is 5.53. The molecule has 1 aromatic rings. The van der Waals surface area contributed by atoms with Crippen LogP contribution in [-0.4, -0.2) is 24.3 Å². The summed E-state index contributed by atoms with van der Waals surface area (Å²) in [5.74, 6) is 1.01. The SMILES string of the molecule is CC1CCNCC1C(O)CC1(c2ccc(Cl)cc2)CCC1. The normalized spacial score (nSPS) is 29.7. The fourth-order valence-corrected chi connectivity index (χ4v) is 4.22. The van der Waals surface area contributed by atoms with Gasteiger partial charge >= 0.3 is 0 Å². The fourth-order valence-electron chi connectivity index (χ4n) is 4.10. The number of rotatable bonds is 4. The molecular weight excluding hydrogens is 282 g/mol. The van der Waals surface area contributed by atoms with Crippen LogP contribution in [0.25, 0.3) is 0 Å². The molecule has 1 saturated carbocycles. The van der Waals surface area contributed by atoms with Gasteiger partial charge in [-0.25, -0.2) is 0 Å². The van der Waals surface area contributed by atoms with Crippen molar-refractivity contribution in [1.82, 2.24) is 5.32 Å². The maximum atomic E-state index is 10.8. The highest BCUT2D eigenvalue weighted by molar-refractivity contribution is 6.30. The van der Waals surface area contributed by atoms with Crippen molar-refractivity contribution in [3.05, 3.63) is 34.9 Å². The summed E-state index contributed by atoms with van der Waals surface area (Å²) in [5.41, 5.74) is 1.54. The van der Waals surface area contributed by atoms with Gasteiger partial charge in [0.2, 0.25) is 0 Å². The van der Waals surface area contributed by atoms with E-state index in [0.29, 0.717) is 11.8 Å². The largest absolute Gasteiger partial charge is 0.393 e. The molecule has 0 aromatic heterocycles. The molecule has 1 heterocycles. The van der Waals surface area contributed by atoms with E-state index in [-0.39, 0.29) is 11.5 Å².